The topological polar surface area (TPSA) is 24.9 Å². The Kier molecular flexibility index (Phi) is 6.50. The molecule has 0 spiro atoms. The van der Waals surface area contributed by atoms with E-state index in [1.54, 1.807) is 0 Å². The van der Waals surface area contributed by atoms with Crippen LogP contribution in [0.15, 0.2) is 17.2 Å². The van der Waals surface area contributed by atoms with Gasteiger partial charge in [0.2, 0.25) is 0 Å². The molecule has 0 bridgehead atoms. The maximum absolute atomic E-state index is 4.52. The summed E-state index contributed by atoms with van der Waals surface area (Å²) in [5.41, 5.74) is 2.43. The molecular weight excluding hydrogens is 216 g/mol. The van der Waals surface area contributed by atoms with Crippen LogP contribution in [0.4, 0.5) is 0 Å². The molecule has 1 aromatic heterocycles. The molecule has 0 saturated carbocycles. The number of rotatable bonds is 7. The van der Waals surface area contributed by atoms with E-state index in [9.17, 15) is 0 Å². The van der Waals surface area contributed by atoms with Gasteiger partial charge in [-0.25, -0.2) is 4.98 Å². The second-order valence-corrected chi connectivity index (χ2v) is 5.15. The van der Waals surface area contributed by atoms with Crippen LogP contribution in [0.1, 0.15) is 31.0 Å². The van der Waals surface area contributed by atoms with Crippen molar-refractivity contribution in [1.29, 1.82) is 0 Å². The normalized spacial score (nSPS) is 10.7. The molecule has 0 atom stereocenters. The van der Waals surface area contributed by atoms with Gasteiger partial charge >= 0.3 is 0 Å². The second-order valence-electron chi connectivity index (χ2n) is 4.03. The van der Waals surface area contributed by atoms with Gasteiger partial charge in [0.1, 0.15) is 0 Å². The van der Waals surface area contributed by atoms with E-state index in [0.29, 0.717) is 0 Å². The molecule has 90 valence electrons. The molecule has 0 aromatic carbocycles. The van der Waals surface area contributed by atoms with Crippen molar-refractivity contribution in [3.8, 4) is 0 Å². The van der Waals surface area contributed by atoms with Crippen molar-refractivity contribution in [2.75, 3.05) is 18.8 Å². The van der Waals surface area contributed by atoms with Crippen molar-refractivity contribution in [1.82, 2.24) is 10.3 Å². The molecule has 1 heterocycles. The van der Waals surface area contributed by atoms with E-state index in [1.165, 1.54) is 29.2 Å². The lowest BCUT2D eigenvalue weighted by molar-refractivity contribution is 0.666. The molecular formula is C13H22N2S. The van der Waals surface area contributed by atoms with Gasteiger partial charge in [0, 0.05) is 5.69 Å². The molecule has 0 aliphatic carbocycles. The summed E-state index contributed by atoms with van der Waals surface area (Å²) in [5.74, 6) is 1.17. The van der Waals surface area contributed by atoms with Gasteiger partial charge in [0.15, 0.2) is 0 Å². The van der Waals surface area contributed by atoms with Crippen LogP contribution in [0.25, 0.3) is 0 Å². The van der Waals surface area contributed by atoms with Crippen molar-refractivity contribution in [3.63, 3.8) is 0 Å². The third-order valence-corrected chi connectivity index (χ3v) is 3.32. The molecule has 1 N–H and O–H groups in total. The highest BCUT2D eigenvalue weighted by Crippen LogP contribution is 2.18. The number of unbranched alkanes of at least 4 members (excludes halogenated alkanes) is 1. The molecule has 2 nitrogen and oxygen atoms in total. The van der Waals surface area contributed by atoms with Crippen molar-refractivity contribution in [2.24, 2.45) is 0 Å². The summed E-state index contributed by atoms with van der Waals surface area (Å²) >= 11 is 1.87. The number of aromatic nitrogens is 1. The SMILES string of the molecule is CCNCCCCSc1cc(C)cc(C)n1. The quantitative estimate of drug-likeness (QED) is 0.583. The fraction of sp³-hybridized carbons (Fsp3) is 0.615. The Balaban J connectivity index is 2.21. The number of nitrogens with one attached hydrogen (secondary N) is 1. The number of thioether (sulfide) groups is 1. The Hall–Kier alpha value is -0.540. The summed E-state index contributed by atoms with van der Waals surface area (Å²) in [6.07, 6.45) is 2.51. The Morgan fingerprint density at radius 3 is 2.75 bits per heavy atom. The zero-order valence-corrected chi connectivity index (χ0v) is 11.4. The van der Waals surface area contributed by atoms with Gasteiger partial charge in [-0.05, 0) is 63.2 Å². The molecule has 0 fully saturated rings. The van der Waals surface area contributed by atoms with Crippen molar-refractivity contribution in [3.05, 3.63) is 23.4 Å². The minimum atomic E-state index is 1.08. The summed E-state index contributed by atoms with van der Waals surface area (Å²) in [6, 6.07) is 4.29. The summed E-state index contributed by atoms with van der Waals surface area (Å²) in [5, 5.41) is 4.51. The van der Waals surface area contributed by atoms with Crippen LogP contribution < -0.4 is 5.32 Å². The van der Waals surface area contributed by atoms with E-state index in [-0.39, 0.29) is 0 Å². The van der Waals surface area contributed by atoms with Gasteiger partial charge in [-0.2, -0.15) is 0 Å². The minimum Gasteiger partial charge on any atom is -0.317 e. The first kappa shape index (κ1) is 13.5. The second kappa shape index (κ2) is 7.69. The van der Waals surface area contributed by atoms with E-state index in [2.05, 4.69) is 43.2 Å². The molecule has 0 aliphatic heterocycles. The molecule has 0 aliphatic rings. The van der Waals surface area contributed by atoms with Crippen LogP contribution in [0.2, 0.25) is 0 Å². The van der Waals surface area contributed by atoms with Gasteiger partial charge in [-0.3, -0.25) is 0 Å². The highest BCUT2D eigenvalue weighted by molar-refractivity contribution is 7.99. The summed E-state index contributed by atoms with van der Waals surface area (Å²) in [6.45, 7) is 8.55. The third-order valence-electron chi connectivity index (χ3n) is 2.32. The third kappa shape index (κ3) is 5.52. The average molecular weight is 238 g/mol. The van der Waals surface area contributed by atoms with E-state index >= 15 is 0 Å². The van der Waals surface area contributed by atoms with Crippen LogP contribution in [0, 0.1) is 13.8 Å². The predicted octanol–water partition coefficient (Wildman–Crippen LogP) is 3.18. The molecule has 3 heteroatoms. The Morgan fingerprint density at radius 1 is 1.25 bits per heavy atom. The lowest BCUT2D eigenvalue weighted by atomic mass is 10.3. The molecule has 0 unspecified atom stereocenters. The predicted molar refractivity (Wildman–Crippen MR) is 72.2 cm³/mol. The first-order valence-corrected chi connectivity index (χ1v) is 6.99. The van der Waals surface area contributed by atoms with Crippen LogP contribution in [0.3, 0.4) is 0 Å². The van der Waals surface area contributed by atoms with Crippen molar-refractivity contribution >= 4 is 11.8 Å². The van der Waals surface area contributed by atoms with E-state index in [4.69, 9.17) is 0 Å². The van der Waals surface area contributed by atoms with Crippen LogP contribution in [-0.2, 0) is 0 Å². The maximum atomic E-state index is 4.52. The average Bonchev–Trinajstić information content (AvgIpc) is 2.22. The monoisotopic (exact) mass is 238 g/mol. The number of pyridine rings is 1. The van der Waals surface area contributed by atoms with Crippen molar-refractivity contribution < 1.29 is 0 Å². The largest absolute Gasteiger partial charge is 0.317 e. The Bertz CT molecular complexity index is 293. The van der Waals surface area contributed by atoms with Gasteiger partial charge < -0.3 is 5.32 Å². The lowest BCUT2D eigenvalue weighted by Gasteiger charge is -2.04. The van der Waals surface area contributed by atoms with Crippen molar-refractivity contribution in [2.45, 2.75) is 38.6 Å². The van der Waals surface area contributed by atoms with E-state index in [0.717, 1.165) is 18.8 Å². The van der Waals surface area contributed by atoms with Gasteiger partial charge in [-0.15, -0.1) is 11.8 Å². The highest BCUT2D eigenvalue weighted by Gasteiger charge is 1.98. The fourth-order valence-electron chi connectivity index (χ4n) is 1.58. The summed E-state index contributed by atoms with van der Waals surface area (Å²) < 4.78 is 0. The molecule has 0 radical (unpaired) electrons. The molecule has 0 saturated heterocycles. The number of hydrogen-bond acceptors (Lipinski definition) is 3. The standard InChI is InChI=1S/C13H22N2S/c1-4-14-7-5-6-8-16-13-10-11(2)9-12(3)15-13/h9-10,14H,4-8H2,1-3H3. The maximum Gasteiger partial charge on any atom is 0.0965 e. The smallest absolute Gasteiger partial charge is 0.0965 e. The summed E-state index contributed by atoms with van der Waals surface area (Å²) in [7, 11) is 0. The number of nitrogens with zero attached hydrogens (tertiary/aromatic N) is 1. The molecule has 0 amide bonds. The minimum absolute atomic E-state index is 1.08. The molecule has 16 heavy (non-hydrogen) atoms. The zero-order valence-electron chi connectivity index (χ0n) is 10.5. The number of aryl methyl sites for hydroxylation is 2. The summed E-state index contributed by atoms with van der Waals surface area (Å²) in [4.78, 5) is 4.52. The molecule has 1 aromatic rings. The fourth-order valence-corrected chi connectivity index (χ4v) is 2.62. The van der Waals surface area contributed by atoms with Crippen LogP contribution in [-0.4, -0.2) is 23.8 Å². The van der Waals surface area contributed by atoms with E-state index < -0.39 is 0 Å². The van der Waals surface area contributed by atoms with Crippen LogP contribution in [0.5, 0.6) is 0 Å². The first-order valence-electron chi connectivity index (χ1n) is 6.01. The van der Waals surface area contributed by atoms with Crippen LogP contribution >= 0.6 is 11.8 Å². The lowest BCUT2D eigenvalue weighted by Crippen LogP contribution is -2.13. The highest BCUT2D eigenvalue weighted by atomic mass is 32.2. The Morgan fingerprint density at radius 2 is 2.06 bits per heavy atom. The van der Waals surface area contributed by atoms with Gasteiger partial charge in [0.05, 0.1) is 5.03 Å². The molecule has 1 rings (SSSR count). The van der Waals surface area contributed by atoms with E-state index in [1.807, 2.05) is 11.8 Å². The Labute approximate surface area is 103 Å². The zero-order chi connectivity index (χ0) is 11.8. The van der Waals surface area contributed by atoms with Gasteiger partial charge in [-0.1, -0.05) is 6.92 Å². The van der Waals surface area contributed by atoms with Gasteiger partial charge in [0.25, 0.3) is 0 Å². The first-order chi connectivity index (χ1) is 7.72. The number of hydrogen-bond donors (Lipinski definition) is 1.